The van der Waals surface area contributed by atoms with Crippen LogP contribution in [0.25, 0.3) is 0 Å². The van der Waals surface area contributed by atoms with Gasteiger partial charge in [0.25, 0.3) is 5.69 Å². The summed E-state index contributed by atoms with van der Waals surface area (Å²) in [5.41, 5.74) is -0.922. The molecule has 16 heavy (non-hydrogen) atoms. The molecule has 0 saturated carbocycles. The van der Waals surface area contributed by atoms with Gasteiger partial charge in [0.15, 0.2) is 11.8 Å². The van der Waals surface area contributed by atoms with Gasteiger partial charge < -0.3 is 4.74 Å². The molecule has 1 aromatic rings. The fraction of sp³-hybridized carbons (Fsp3) is 0.111. The Morgan fingerprint density at radius 3 is 2.62 bits per heavy atom. The highest BCUT2D eigenvalue weighted by atomic mass is 35.5. The van der Waals surface area contributed by atoms with Crippen LogP contribution in [-0.2, 0) is 4.74 Å². The summed E-state index contributed by atoms with van der Waals surface area (Å²) in [6, 6.07) is 2.20. The summed E-state index contributed by atoms with van der Waals surface area (Å²) in [5, 5.41) is 10.4. The highest BCUT2D eigenvalue weighted by Crippen LogP contribution is 2.29. The Kier molecular flexibility index (Phi) is 3.57. The van der Waals surface area contributed by atoms with Gasteiger partial charge in [0.05, 0.1) is 17.1 Å². The van der Waals surface area contributed by atoms with E-state index < -0.39 is 22.1 Å². The van der Waals surface area contributed by atoms with Crippen molar-refractivity contribution in [2.24, 2.45) is 0 Å². The van der Waals surface area contributed by atoms with Crippen molar-refractivity contribution in [3.05, 3.63) is 38.4 Å². The molecule has 0 aromatic heterocycles. The lowest BCUT2D eigenvalue weighted by Crippen LogP contribution is -2.08. The van der Waals surface area contributed by atoms with Crippen molar-refractivity contribution < 1.29 is 19.2 Å². The Labute approximate surface area is 94.9 Å². The van der Waals surface area contributed by atoms with Gasteiger partial charge in [-0.15, -0.1) is 0 Å². The van der Waals surface area contributed by atoms with E-state index in [1.54, 1.807) is 0 Å². The smallest absolute Gasteiger partial charge is 0.346 e. The summed E-state index contributed by atoms with van der Waals surface area (Å²) in [7, 11) is 1.07. The van der Waals surface area contributed by atoms with Gasteiger partial charge in [-0.1, -0.05) is 11.6 Å². The second kappa shape index (κ2) is 4.71. The molecule has 0 amide bonds. The van der Waals surface area contributed by atoms with E-state index in [-0.39, 0.29) is 10.6 Å². The maximum absolute atomic E-state index is 11.3. The Morgan fingerprint density at radius 1 is 1.56 bits per heavy atom. The number of hydrogen-bond acceptors (Lipinski definition) is 5. The van der Waals surface area contributed by atoms with Crippen LogP contribution in [0.2, 0.25) is 5.02 Å². The van der Waals surface area contributed by atoms with Crippen LogP contribution >= 0.6 is 11.6 Å². The van der Waals surface area contributed by atoms with Gasteiger partial charge in [-0.25, -0.2) is 4.79 Å². The molecule has 0 aliphatic carbocycles. The molecule has 0 aliphatic rings. The molecular weight excluding hydrogens is 238 g/mol. The Morgan fingerprint density at radius 2 is 2.19 bits per heavy atom. The second-order valence-corrected chi connectivity index (χ2v) is 3.11. The average molecular weight is 244 g/mol. The molecule has 0 N–H and O–H groups in total. The fourth-order valence-corrected chi connectivity index (χ4v) is 1.40. The van der Waals surface area contributed by atoms with Gasteiger partial charge in [-0.05, 0) is 6.07 Å². The number of nitrogens with zero attached hydrogens (tertiary/aromatic N) is 1. The third-order valence-electron chi connectivity index (χ3n) is 1.86. The van der Waals surface area contributed by atoms with Crippen molar-refractivity contribution >= 4 is 29.5 Å². The SMILES string of the molecule is COC(=O)c1c([N+](=O)[O-])ccc(C=O)c1Cl. The number of nitro benzene ring substituents is 1. The van der Waals surface area contributed by atoms with Crippen molar-refractivity contribution in [1.29, 1.82) is 0 Å². The minimum Gasteiger partial charge on any atom is -0.465 e. The maximum Gasteiger partial charge on any atom is 0.346 e. The summed E-state index contributed by atoms with van der Waals surface area (Å²) in [5.74, 6) is -0.958. The van der Waals surface area contributed by atoms with E-state index in [1.807, 2.05) is 0 Å². The van der Waals surface area contributed by atoms with E-state index in [9.17, 15) is 19.7 Å². The number of carbonyl (C=O) groups excluding carboxylic acids is 2. The molecule has 0 heterocycles. The summed E-state index contributed by atoms with van der Waals surface area (Å²) < 4.78 is 4.36. The normalized spacial score (nSPS) is 9.62. The topological polar surface area (TPSA) is 86.5 Å². The van der Waals surface area contributed by atoms with Crippen LogP contribution in [0.5, 0.6) is 0 Å². The third-order valence-corrected chi connectivity index (χ3v) is 2.27. The molecule has 6 nitrogen and oxygen atoms in total. The van der Waals surface area contributed by atoms with Gasteiger partial charge >= 0.3 is 5.97 Å². The Hall–Kier alpha value is -1.95. The quantitative estimate of drug-likeness (QED) is 0.350. The molecule has 0 radical (unpaired) electrons. The van der Waals surface area contributed by atoms with Crippen molar-refractivity contribution in [2.45, 2.75) is 0 Å². The molecule has 0 atom stereocenters. The van der Waals surface area contributed by atoms with Gasteiger partial charge in [0.1, 0.15) is 0 Å². The molecule has 0 bridgehead atoms. The Bertz CT molecular complexity index is 471. The molecule has 1 aromatic carbocycles. The average Bonchev–Trinajstić information content (AvgIpc) is 2.27. The number of methoxy groups -OCH3 is 1. The molecular formula is C9H6ClNO5. The molecule has 0 spiro atoms. The van der Waals surface area contributed by atoms with Crippen molar-refractivity contribution in [1.82, 2.24) is 0 Å². The van der Waals surface area contributed by atoms with Gasteiger partial charge in [0.2, 0.25) is 0 Å². The minimum absolute atomic E-state index is 0.00679. The van der Waals surface area contributed by atoms with Crippen LogP contribution in [-0.4, -0.2) is 24.3 Å². The van der Waals surface area contributed by atoms with E-state index in [4.69, 9.17) is 11.6 Å². The summed E-state index contributed by atoms with van der Waals surface area (Å²) in [6.07, 6.45) is 0.401. The molecule has 0 fully saturated rings. The predicted octanol–water partition coefficient (Wildman–Crippen LogP) is 1.85. The highest BCUT2D eigenvalue weighted by Gasteiger charge is 2.26. The maximum atomic E-state index is 11.3. The van der Waals surface area contributed by atoms with E-state index in [0.717, 1.165) is 13.2 Å². The van der Waals surface area contributed by atoms with Crippen LogP contribution in [0.4, 0.5) is 5.69 Å². The van der Waals surface area contributed by atoms with Crippen LogP contribution in [0.1, 0.15) is 20.7 Å². The number of hydrogen-bond donors (Lipinski definition) is 0. The number of rotatable bonds is 3. The number of esters is 1. The molecule has 0 aliphatic heterocycles. The standard InChI is InChI=1S/C9H6ClNO5/c1-16-9(13)7-6(11(14)15)3-2-5(4-12)8(7)10/h2-4H,1H3. The van der Waals surface area contributed by atoms with Crippen molar-refractivity contribution in [2.75, 3.05) is 7.11 Å². The first-order chi connectivity index (χ1) is 7.52. The lowest BCUT2D eigenvalue weighted by molar-refractivity contribution is -0.385. The Balaban J connectivity index is 3.54. The van der Waals surface area contributed by atoms with Crippen LogP contribution < -0.4 is 0 Å². The zero-order valence-corrected chi connectivity index (χ0v) is 8.85. The van der Waals surface area contributed by atoms with E-state index in [0.29, 0.717) is 6.29 Å². The van der Waals surface area contributed by atoms with E-state index >= 15 is 0 Å². The molecule has 1 rings (SSSR count). The first-order valence-corrected chi connectivity index (χ1v) is 4.41. The number of halogens is 1. The molecule has 0 unspecified atom stereocenters. The summed E-state index contributed by atoms with van der Waals surface area (Å²) in [6.45, 7) is 0. The molecule has 84 valence electrons. The number of carbonyl (C=O) groups is 2. The van der Waals surface area contributed by atoms with Crippen molar-refractivity contribution in [3.8, 4) is 0 Å². The molecule has 7 heteroatoms. The highest BCUT2D eigenvalue weighted by molar-refractivity contribution is 6.36. The largest absolute Gasteiger partial charge is 0.465 e. The van der Waals surface area contributed by atoms with E-state index in [2.05, 4.69) is 4.74 Å². The predicted molar refractivity (Wildman–Crippen MR) is 54.8 cm³/mol. The van der Waals surface area contributed by atoms with E-state index in [1.165, 1.54) is 6.07 Å². The van der Waals surface area contributed by atoms with Crippen molar-refractivity contribution in [3.63, 3.8) is 0 Å². The summed E-state index contributed by atoms with van der Waals surface area (Å²) >= 11 is 5.70. The zero-order chi connectivity index (χ0) is 12.3. The third kappa shape index (κ3) is 2.01. The fourth-order valence-electron chi connectivity index (χ4n) is 1.12. The summed E-state index contributed by atoms with van der Waals surface area (Å²) in [4.78, 5) is 31.7. The number of nitro groups is 1. The number of benzene rings is 1. The second-order valence-electron chi connectivity index (χ2n) is 2.73. The minimum atomic E-state index is -0.958. The number of aldehydes is 1. The first-order valence-electron chi connectivity index (χ1n) is 4.03. The zero-order valence-electron chi connectivity index (χ0n) is 8.10. The van der Waals surface area contributed by atoms with Crippen LogP contribution in [0, 0.1) is 10.1 Å². The molecule has 0 saturated heterocycles. The lowest BCUT2D eigenvalue weighted by Gasteiger charge is -2.04. The van der Waals surface area contributed by atoms with Crippen LogP contribution in [0.3, 0.4) is 0 Å². The van der Waals surface area contributed by atoms with Crippen LogP contribution in [0.15, 0.2) is 12.1 Å². The van der Waals surface area contributed by atoms with Gasteiger partial charge in [-0.2, -0.15) is 0 Å². The first kappa shape index (κ1) is 12.1. The number of ether oxygens (including phenoxy) is 1. The monoisotopic (exact) mass is 243 g/mol. The van der Waals surface area contributed by atoms with Gasteiger partial charge in [0, 0.05) is 11.6 Å². The van der Waals surface area contributed by atoms with Gasteiger partial charge in [-0.3, -0.25) is 14.9 Å². The lowest BCUT2D eigenvalue weighted by atomic mass is 10.1.